The van der Waals surface area contributed by atoms with Gasteiger partial charge in [-0.2, -0.15) is 4.98 Å². The number of allylic oxidation sites excluding steroid dienone is 1. The first-order valence-corrected chi connectivity index (χ1v) is 9.23. The highest BCUT2D eigenvalue weighted by atomic mass is 16.5. The third-order valence-electron chi connectivity index (χ3n) is 4.80. The van der Waals surface area contributed by atoms with Gasteiger partial charge in [0.2, 0.25) is 5.95 Å². The van der Waals surface area contributed by atoms with Crippen LogP contribution in [0.4, 0.5) is 17.5 Å². The summed E-state index contributed by atoms with van der Waals surface area (Å²) in [6.07, 6.45) is 5.26. The van der Waals surface area contributed by atoms with Crippen molar-refractivity contribution >= 4 is 23.5 Å². The van der Waals surface area contributed by atoms with Crippen LogP contribution in [0.2, 0.25) is 0 Å². The summed E-state index contributed by atoms with van der Waals surface area (Å²) in [7, 11) is 3.52. The minimum atomic E-state index is 0.544. The molecule has 0 radical (unpaired) electrons. The van der Waals surface area contributed by atoms with Crippen LogP contribution in [0.25, 0.3) is 17.3 Å². The highest BCUT2D eigenvalue weighted by molar-refractivity contribution is 5.76. The van der Waals surface area contributed by atoms with Crippen LogP contribution in [0.1, 0.15) is 22.5 Å². The molecule has 0 atom stereocenters. The van der Waals surface area contributed by atoms with E-state index in [-0.39, 0.29) is 0 Å². The molecule has 0 aliphatic heterocycles. The average molecular weight is 373 g/mol. The number of aromatic nitrogens is 3. The van der Waals surface area contributed by atoms with Gasteiger partial charge < -0.3 is 15.4 Å². The van der Waals surface area contributed by atoms with Crippen molar-refractivity contribution in [3.8, 4) is 17.0 Å². The largest absolute Gasteiger partial charge is 0.496 e. The van der Waals surface area contributed by atoms with Crippen LogP contribution in [0.3, 0.4) is 0 Å². The highest BCUT2D eigenvalue weighted by Crippen LogP contribution is 2.35. The molecule has 3 aromatic rings. The van der Waals surface area contributed by atoms with Gasteiger partial charge in [0.15, 0.2) is 0 Å². The molecule has 2 heterocycles. The van der Waals surface area contributed by atoms with Crippen molar-refractivity contribution in [1.82, 2.24) is 15.0 Å². The number of hydrogen-bond donors (Lipinski definition) is 2. The van der Waals surface area contributed by atoms with Gasteiger partial charge in [0.25, 0.3) is 0 Å². The van der Waals surface area contributed by atoms with Crippen molar-refractivity contribution in [2.45, 2.75) is 20.3 Å². The smallest absolute Gasteiger partial charge is 0.229 e. The summed E-state index contributed by atoms with van der Waals surface area (Å²) in [6, 6.07) is 9.96. The van der Waals surface area contributed by atoms with Crippen LogP contribution in [0.5, 0.6) is 5.75 Å². The molecular weight excluding hydrogens is 350 g/mol. The van der Waals surface area contributed by atoms with E-state index in [9.17, 15) is 0 Å². The lowest BCUT2D eigenvalue weighted by Crippen LogP contribution is -2.03. The van der Waals surface area contributed by atoms with E-state index in [0.29, 0.717) is 5.95 Å². The van der Waals surface area contributed by atoms with E-state index in [1.54, 1.807) is 7.11 Å². The molecule has 0 unspecified atom stereocenters. The zero-order chi connectivity index (χ0) is 19.7. The van der Waals surface area contributed by atoms with Gasteiger partial charge in [-0.3, -0.25) is 4.98 Å². The minimum absolute atomic E-state index is 0.544. The van der Waals surface area contributed by atoms with Gasteiger partial charge in [-0.05, 0) is 55.7 Å². The van der Waals surface area contributed by atoms with Crippen molar-refractivity contribution in [2.75, 3.05) is 24.8 Å². The van der Waals surface area contributed by atoms with E-state index in [2.05, 4.69) is 38.8 Å². The number of nitrogens with one attached hydrogen (secondary N) is 2. The summed E-state index contributed by atoms with van der Waals surface area (Å²) in [6.45, 7) is 3.99. The van der Waals surface area contributed by atoms with Crippen molar-refractivity contribution in [3.63, 3.8) is 0 Å². The lowest BCUT2D eigenvalue weighted by atomic mass is 10.0. The Bertz CT molecular complexity index is 1070. The van der Waals surface area contributed by atoms with E-state index in [4.69, 9.17) is 9.72 Å². The minimum Gasteiger partial charge on any atom is -0.496 e. The molecule has 28 heavy (non-hydrogen) atoms. The highest BCUT2D eigenvalue weighted by Gasteiger charge is 2.15. The van der Waals surface area contributed by atoms with Gasteiger partial charge in [0.1, 0.15) is 11.6 Å². The molecule has 6 nitrogen and oxygen atoms in total. The fraction of sp³-hybridized carbons (Fsp3) is 0.227. The van der Waals surface area contributed by atoms with Gasteiger partial charge >= 0.3 is 0 Å². The number of methoxy groups -OCH3 is 1. The number of aryl methyl sites for hydroxylation is 2. The Kier molecular flexibility index (Phi) is 4.69. The number of fused-ring (bicyclic) bond motifs is 1. The SMILES string of the molecule is CNc1cc(C)nc(Nc2ccc(OC)c(-c3cc4c(c(C)n3)C=CC4)c2)n1. The van der Waals surface area contributed by atoms with Gasteiger partial charge in [0.05, 0.1) is 12.8 Å². The van der Waals surface area contributed by atoms with E-state index in [1.807, 2.05) is 45.2 Å². The lowest BCUT2D eigenvalue weighted by Gasteiger charge is -2.14. The predicted octanol–water partition coefficient (Wildman–Crippen LogP) is 4.52. The summed E-state index contributed by atoms with van der Waals surface area (Å²) in [5.41, 5.74) is 7.16. The molecule has 0 spiro atoms. The fourth-order valence-electron chi connectivity index (χ4n) is 3.45. The number of ether oxygens (including phenoxy) is 1. The number of benzene rings is 1. The summed E-state index contributed by atoms with van der Waals surface area (Å²) < 4.78 is 5.60. The molecule has 2 aromatic heterocycles. The standard InChI is InChI=1S/C22H23N5O/c1-13-10-21(23-3)27-22(24-13)26-16-8-9-20(28-4)18(12-16)19-11-15-6-5-7-17(15)14(2)25-19/h5,7-12H,6H2,1-4H3,(H2,23,24,26,27). The third-order valence-corrected chi connectivity index (χ3v) is 4.80. The number of anilines is 3. The van der Waals surface area contributed by atoms with Crippen LogP contribution < -0.4 is 15.4 Å². The number of rotatable bonds is 5. The summed E-state index contributed by atoms with van der Waals surface area (Å²) in [4.78, 5) is 13.7. The Hall–Kier alpha value is -3.41. The maximum atomic E-state index is 5.60. The lowest BCUT2D eigenvalue weighted by molar-refractivity contribution is 0.416. The molecule has 0 amide bonds. The molecule has 1 aliphatic carbocycles. The Balaban J connectivity index is 1.73. The number of pyridine rings is 1. The quantitative estimate of drug-likeness (QED) is 0.685. The fourth-order valence-corrected chi connectivity index (χ4v) is 3.45. The second kappa shape index (κ2) is 7.31. The van der Waals surface area contributed by atoms with Crippen molar-refractivity contribution in [1.29, 1.82) is 0 Å². The second-order valence-corrected chi connectivity index (χ2v) is 6.78. The molecule has 0 bridgehead atoms. The molecule has 1 aromatic carbocycles. The molecule has 1 aliphatic rings. The normalized spacial score (nSPS) is 12.0. The van der Waals surface area contributed by atoms with Crippen LogP contribution in [-0.2, 0) is 6.42 Å². The van der Waals surface area contributed by atoms with E-state index >= 15 is 0 Å². The maximum Gasteiger partial charge on any atom is 0.229 e. The van der Waals surface area contributed by atoms with Crippen molar-refractivity contribution in [3.05, 3.63) is 58.9 Å². The van der Waals surface area contributed by atoms with Gasteiger partial charge in [-0.1, -0.05) is 12.2 Å². The van der Waals surface area contributed by atoms with Crippen LogP contribution in [-0.4, -0.2) is 29.1 Å². The van der Waals surface area contributed by atoms with E-state index in [1.165, 1.54) is 11.1 Å². The van der Waals surface area contributed by atoms with Crippen LogP contribution in [0.15, 0.2) is 36.4 Å². The molecule has 0 fully saturated rings. The number of hydrogen-bond acceptors (Lipinski definition) is 6. The molecule has 0 saturated heterocycles. The Morgan fingerprint density at radius 2 is 1.89 bits per heavy atom. The zero-order valence-corrected chi connectivity index (χ0v) is 16.5. The van der Waals surface area contributed by atoms with Crippen molar-refractivity contribution in [2.24, 2.45) is 0 Å². The maximum absolute atomic E-state index is 5.60. The Morgan fingerprint density at radius 3 is 2.68 bits per heavy atom. The molecule has 142 valence electrons. The zero-order valence-electron chi connectivity index (χ0n) is 16.5. The summed E-state index contributed by atoms with van der Waals surface area (Å²) >= 11 is 0. The molecule has 2 N–H and O–H groups in total. The van der Waals surface area contributed by atoms with E-state index < -0.39 is 0 Å². The Labute approximate surface area is 164 Å². The molecule has 0 saturated carbocycles. The third kappa shape index (κ3) is 3.41. The van der Waals surface area contributed by atoms with E-state index in [0.717, 1.165) is 46.3 Å². The predicted molar refractivity (Wildman–Crippen MR) is 113 cm³/mol. The number of nitrogens with zero attached hydrogens (tertiary/aromatic N) is 3. The first-order chi connectivity index (χ1) is 13.6. The second-order valence-electron chi connectivity index (χ2n) is 6.78. The van der Waals surface area contributed by atoms with Crippen molar-refractivity contribution < 1.29 is 4.74 Å². The average Bonchev–Trinajstić information content (AvgIpc) is 3.16. The first-order valence-electron chi connectivity index (χ1n) is 9.23. The molecule has 4 rings (SSSR count). The summed E-state index contributed by atoms with van der Waals surface area (Å²) in [5, 5.41) is 6.34. The van der Waals surface area contributed by atoms with Crippen LogP contribution in [0, 0.1) is 13.8 Å². The first kappa shape index (κ1) is 18.0. The molecular formula is C22H23N5O. The van der Waals surface area contributed by atoms with Crippen LogP contribution >= 0.6 is 0 Å². The van der Waals surface area contributed by atoms with Gasteiger partial charge in [-0.15, -0.1) is 0 Å². The Morgan fingerprint density at radius 1 is 1.04 bits per heavy atom. The molecule has 6 heteroatoms. The summed E-state index contributed by atoms with van der Waals surface area (Å²) in [5.74, 6) is 2.10. The van der Waals surface area contributed by atoms with Gasteiger partial charge in [0, 0.05) is 35.8 Å². The monoisotopic (exact) mass is 373 g/mol. The topological polar surface area (TPSA) is 72.0 Å². The van der Waals surface area contributed by atoms with Gasteiger partial charge in [-0.25, -0.2) is 4.98 Å².